The summed E-state index contributed by atoms with van der Waals surface area (Å²) >= 11 is 0. The average molecular weight is 250 g/mol. The van der Waals surface area contributed by atoms with Gasteiger partial charge in [-0.05, 0) is 17.7 Å². The number of amides is 2. The molecule has 0 saturated carbocycles. The molecule has 2 amide bonds. The van der Waals surface area contributed by atoms with E-state index in [2.05, 4.69) is 5.10 Å². The van der Waals surface area contributed by atoms with E-state index in [1.165, 1.54) is 6.21 Å². The van der Waals surface area contributed by atoms with Crippen molar-refractivity contribution in [2.24, 2.45) is 5.10 Å². The molecule has 3 rings (SSSR count). The van der Waals surface area contributed by atoms with Gasteiger partial charge in [-0.1, -0.05) is 42.5 Å². The largest absolute Gasteiger partial charge is 0.282 e. The van der Waals surface area contributed by atoms with Crippen LogP contribution >= 0.6 is 0 Å². The Kier molecular flexibility index (Phi) is 2.68. The van der Waals surface area contributed by atoms with Gasteiger partial charge in [-0.3, -0.25) is 9.59 Å². The zero-order valence-electron chi connectivity index (χ0n) is 9.98. The van der Waals surface area contributed by atoms with Crippen molar-refractivity contribution in [2.45, 2.75) is 0 Å². The van der Waals surface area contributed by atoms with Gasteiger partial charge in [0.05, 0.1) is 17.3 Å². The van der Waals surface area contributed by atoms with Crippen LogP contribution in [0.2, 0.25) is 0 Å². The Bertz CT molecular complexity index is 643. The number of carbonyl (C=O) groups is 2. The van der Waals surface area contributed by atoms with E-state index < -0.39 is 0 Å². The van der Waals surface area contributed by atoms with Gasteiger partial charge in [0, 0.05) is 0 Å². The number of hydrazone groups is 1. The second kappa shape index (κ2) is 4.49. The molecule has 19 heavy (non-hydrogen) atoms. The fraction of sp³-hybridized carbons (Fsp3) is 0. The molecule has 0 spiro atoms. The Morgan fingerprint density at radius 3 is 1.89 bits per heavy atom. The second-order valence-corrected chi connectivity index (χ2v) is 4.12. The molecule has 0 aromatic heterocycles. The summed E-state index contributed by atoms with van der Waals surface area (Å²) in [6.45, 7) is 0. The summed E-state index contributed by atoms with van der Waals surface area (Å²) < 4.78 is 0. The van der Waals surface area contributed by atoms with Gasteiger partial charge in [-0.25, -0.2) is 0 Å². The van der Waals surface area contributed by atoms with Crippen LogP contribution in [0.5, 0.6) is 0 Å². The van der Waals surface area contributed by atoms with Crippen molar-refractivity contribution in [2.75, 3.05) is 0 Å². The summed E-state index contributed by atoms with van der Waals surface area (Å²) in [5.74, 6) is -0.763. The molecule has 1 aliphatic rings. The molecule has 0 unspecified atom stereocenters. The number of nitrogens with zero attached hydrogens (tertiary/aromatic N) is 2. The van der Waals surface area contributed by atoms with Crippen molar-refractivity contribution < 1.29 is 9.59 Å². The van der Waals surface area contributed by atoms with Gasteiger partial charge >= 0.3 is 0 Å². The van der Waals surface area contributed by atoms with Crippen molar-refractivity contribution in [1.29, 1.82) is 0 Å². The molecule has 92 valence electrons. The Hall–Kier alpha value is -2.75. The van der Waals surface area contributed by atoms with Crippen LogP contribution in [0, 0.1) is 0 Å². The fourth-order valence-corrected chi connectivity index (χ4v) is 1.94. The molecule has 0 saturated heterocycles. The second-order valence-electron chi connectivity index (χ2n) is 4.12. The normalized spacial score (nSPS) is 14.2. The highest BCUT2D eigenvalue weighted by molar-refractivity contribution is 6.21. The third kappa shape index (κ3) is 1.93. The summed E-state index contributed by atoms with van der Waals surface area (Å²) in [7, 11) is 0. The maximum absolute atomic E-state index is 12.0. The summed E-state index contributed by atoms with van der Waals surface area (Å²) in [6.07, 6.45) is 1.50. The number of hydrogen-bond acceptors (Lipinski definition) is 3. The lowest BCUT2D eigenvalue weighted by atomic mass is 10.1. The first-order valence-corrected chi connectivity index (χ1v) is 5.84. The first-order chi connectivity index (χ1) is 9.27. The smallest absolute Gasteiger partial charge is 0.267 e. The van der Waals surface area contributed by atoms with Crippen molar-refractivity contribution in [1.82, 2.24) is 5.01 Å². The summed E-state index contributed by atoms with van der Waals surface area (Å²) in [4.78, 5) is 24.0. The van der Waals surface area contributed by atoms with E-state index >= 15 is 0 Å². The van der Waals surface area contributed by atoms with Gasteiger partial charge in [-0.15, -0.1) is 0 Å². The minimum absolute atomic E-state index is 0.382. The monoisotopic (exact) mass is 250 g/mol. The van der Waals surface area contributed by atoms with E-state index in [-0.39, 0.29) is 11.8 Å². The molecule has 1 heterocycles. The number of fused-ring (bicyclic) bond motifs is 1. The third-order valence-electron chi connectivity index (χ3n) is 2.89. The maximum atomic E-state index is 12.0. The zero-order chi connectivity index (χ0) is 13.2. The number of benzene rings is 2. The van der Waals surface area contributed by atoms with Gasteiger partial charge < -0.3 is 0 Å². The highest BCUT2D eigenvalue weighted by atomic mass is 16.2. The first kappa shape index (κ1) is 11.3. The SMILES string of the molecule is O=C1c2ccccc2C(=O)N1/N=C/c1ccccc1. The van der Waals surface area contributed by atoms with E-state index in [1.807, 2.05) is 30.3 Å². The molecule has 1 aliphatic heterocycles. The van der Waals surface area contributed by atoms with Crippen molar-refractivity contribution in [3.05, 3.63) is 71.3 Å². The van der Waals surface area contributed by atoms with Crippen molar-refractivity contribution in [3.63, 3.8) is 0 Å². The molecule has 0 atom stereocenters. The predicted molar refractivity (Wildman–Crippen MR) is 71.0 cm³/mol. The van der Waals surface area contributed by atoms with Crippen LogP contribution in [0.15, 0.2) is 59.7 Å². The standard InChI is InChI=1S/C15H10N2O2/c18-14-12-8-4-5-9-13(12)15(19)17(14)16-10-11-6-2-1-3-7-11/h1-10H/b16-10+. The Labute approximate surface area is 110 Å². The quantitative estimate of drug-likeness (QED) is 0.606. The molecule has 4 nitrogen and oxygen atoms in total. The van der Waals surface area contributed by atoms with Crippen LogP contribution in [0.3, 0.4) is 0 Å². The van der Waals surface area contributed by atoms with E-state index in [4.69, 9.17) is 0 Å². The number of carbonyl (C=O) groups excluding carboxylic acids is 2. The van der Waals surface area contributed by atoms with E-state index in [9.17, 15) is 9.59 Å². The third-order valence-corrected chi connectivity index (χ3v) is 2.89. The van der Waals surface area contributed by atoms with Gasteiger partial charge in [0.15, 0.2) is 0 Å². The molecule has 0 N–H and O–H groups in total. The number of rotatable bonds is 2. The van der Waals surface area contributed by atoms with Gasteiger partial charge in [0.2, 0.25) is 0 Å². The minimum atomic E-state index is -0.382. The van der Waals surface area contributed by atoms with Gasteiger partial charge in [0.25, 0.3) is 11.8 Å². The van der Waals surface area contributed by atoms with Crippen molar-refractivity contribution in [3.8, 4) is 0 Å². The molecule has 0 aliphatic carbocycles. The maximum Gasteiger partial charge on any atom is 0.282 e. The fourth-order valence-electron chi connectivity index (χ4n) is 1.94. The van der Waals surface area contributed by atoms with E-state index in [0.29, 0.717) is 11.1 Å². The van der Waals surface area contributed by atoms with Crippen LogP contribution < -0.4 is 0 Å². The van der Waals surface area contributed by atoms with Gasteiger partial charge in [-0.2, -0.15) is 10.1 Å². The molecular weight excluding hydrogens is 240 g/mol. The minimum Gasteiger partial charge on any atom is -0.267 e. The Balaban J connectivity index is 1.91. The lowest BCUT2D eigenvalue weighted by Gasteiger charge is -2.05. The predicted octanol–water partition coefficient (Wildman–Crippen LogP) is 2.32. The molecular formula is C15H10N2O2. The Morgan fingerprint density at radius 1 is 0.789 bits per heavy atom. The van der Waals surface area contributed by atoms with Crippen LogP contribution in [-0.4, -0.2) is 23.0 Å². The summed E-state index contributed by atoms with van der Waals surface area (Å²) in [5.41, 5.74) is 1.63. The van der Waals surface area contributed by atoms with Crippen molar-refractivity contribution >= 4 is 18.0 Å². The Morgan fingerprint density at radius 2 is 1.32 bits per heavy atom. The topological polar surface area (TPSA) is 49.7 Å². The highest BCUT2D eigenvalue weighted by Crippen LogP contribution is 2.22. The van der Waals surface area contributed by atoms with Crippen LogP contribution in [-0.2, 0) is 0 Å². The number of imide groups is 1. The van der Waals surface area contributed by atoms with Crippen LogP contribution in [0.1, 0.15) is 26.3 Å². The molecule has 4 heteroatoms. The number of hydrogen-bond donors (Lipinski definition) is 0. The van der Waals surface area contributed by atoms with Crippen LogP contribution in [0.25, 0.3) is 0 Å². The zero-order valence-corrected chi connectivity index (χ0v) is 9.98. The average Bonchev–Trinajstić information content (AvgIpc) is 2.71. The molecule has 0 radical (unpaired) electrons. The molecule has 2 aromatic rings. The van der Waals surface area contributed by atoms with E-state index in [0.717, 1.165) is 10.6 Å². The van der Waals surface area contributed by atoms with Crippen LogP contribution in [0.4, 0.5) is 0 Å². The lowest BCUT2D eigenvalue weighted by molar-refractivity contribution is 0.0660. The van der Waals surface area contributed by atoms with Gasteiger partial charge in [0.1, 0.15) is 0 Å². The molecule has 0 bridgehead atoms. The molecule has 0 fully saturated rings. The van der Waals surface area contributed by atoms with E-state index in [1.54, 1.807) is 24.3 Å². The summed E-state index contributed by atoms with van der Waals surface area (Å²) in [5, 5.41) is 4.88. The lowest BCUT2D eigenvalue weighted by Crippen LogP contribution is -2.23. The molecule has 2 aromatic carbocycles. The first-order valence-electron chi connectivity index (χ1n) is 5.84. The summed E-state index contributed by atoms with van der Waals surface area (Å²) in [6, 6.07) is 16.0. The highest BCUT2D eigenvalue weighted by Gasteiger charge is 2.35.